The minimum absolute atomic E-state index is 0.569. The molecule has 0 aromatic heterocycles. The van der Waals surface area contributed by atoms with Crippen LogP contribution in [0.15, 0.2) is 78.9 Å². The summed E-state index contributed by atoms with van der Waals surface area (Å²) in [7, 11) is 1.17. The van der Waals surface area contributed by atoms with Crippen LogP contribution in [0.1, 0.15) is 5.56 Å². The molecule has 0 atom stereocenters. The van der Waals surface area contributed by atoms with Gasteiger partial charge in [0.15, 0.2) is 0 Å². The van der Waals surface area contributed by atoms with Crippen LogP contribution in [0, 0.1) is 6.92 Å². The van der Waals surface area contributed by atoms with E-state index in [1.54, 1.807) is 7.11 Å². The first-order valence-corrected chi connectivity index (χ1v) is 8.69. The van der Waals surface area contributed by atoms with Crippen LogP contribution in [0.3, 0.4) is 0 Å². The predicted octanol–water partition coefficient (Wildman–Crippen LogP) is 3.76. The maximum absolute atomic E-state index is 5.52. The number of ether oxygens (including phenoxy) is 1. The SMILES string of the molecule is COc1cccc(P(c2ccccc2)c2ccccc2)c1C. The fourth-order valence-corrected chi connectivity index (χ4v) is 5.12. The first-order chi connectivity index (χ1) is 10.8. The molecule has 0 radical (unpaired) electrons. The van der Waals surface area contributed by atoms with Gasteiger partial charge in [-0.2, -0.15) is 0 Å². The molecule has 0 N–H and O–H groups in total. The maximum Gasteiger partial charge on any atom is 0.122 e. The van der Waals surface area contributed by atoms with Gasteiger partial charge in [-0.3, -0.25) is 0 Å². The molecule has 0 saturated carbocycles. The number of hydrogen-bond acceptors (Lipinski definition) is 1. The van der Waals surface area contributed by atoms with Crippen molar-refractivity contribution in [3.63, 3.8) is 0 Å². The average molecular weight is 306 g/mol. The fraction of sp³-hybridized carbons (Fsp3) is 0.100. The van der Waals surface area contributed by atoms with Crippen molar-refractivity contribution in [2.24, 2.45) is 0 Å². The van der Waals surface area contributed by atoms with Gasteiger partial charge in [-0.1, -0.05) is 72.8 Å². The van der Waals surface area contributed by atoms with Gasteiger partial charge in [-0.25, -0.2) is 0 Å². The Hall–Kier alpha value is -2.11. The lowest BCUT2D eigenvalue weighted by atomic mass is 10.2. The van der Waals surface area contributed by atoms with Crippen LogP contribution in [-0.4, -0.2) is 7.11 Å². The number of benzene rings is 3. The Morgan fingerprint density at radius 1 is 0.682 bits per heavy atom. The van der Waals surface area contributed by atoms with E-state index >= 15 is 0 Å². The lowest BCUT2D eigenvalue weighted by Crippen LogP contribution is -2.22. The first kappa shape index (κ1) is 14.8. The lowest BCUT2D eigenvalue weighted by molar-refractivity contribution is 0.412. The molecule has 3 aromatic carbocycles. The highest BCUT2D eigenvalue weighted by Gasteiger charge is 2.19. The zero-order valence-electron chi connectivity index (χ0n) is 12.9. The molecule has 22 heavy (non-hydrogen) atoms. The third kappa shape index (κ3) is 2.91. The Morgan fingerprint density at radius 2 is 1.23 bits per heavy atom. The molecule has 0 saturated heterocycles. The summed E-state index contributed by atoms with van der Waals surface area (Å²) < 4.78 is 5.52. The molecule has 0 unspecified atom stereocenters. The minimum Gasteiger partial charge on any atom is -0.496 e. The molecule has 0 fully saturated rings. The second-order valence-corrected chi connectivity index (χ2v) is 7.30. The van der Waals surface area contributed by atoms with Crippen molar-refractivity contribution >= 4 is 23.8 Å². The van der Waals surface area contributed by atoms with Crippen molar-refractivity contribution in [3.05, 3.63) is 84.4 Å². The van der Waals surface area contributed by atoms with E-state index < -0.39 is 7.92 Å². The summed E-state index contributed by atoms with van der Waals surface area (Å²) in [5.41, 5.74) is 1.23. The molecule has 0 heterocycles. The molecule has 2 heteroatoms. The molecule has 3 rings (SSSR count). The number of methoxy groups -OCH3 is 1. The van der Waals surface area contributed by atoms with Crippen molar-refractivity contribution in [2.75, 3.05) is 7.11 Å². The van der Waals surface area contributed by atoms with Gasteiger partial charge < -0.3 is 4.74 Å². The molecule has 0 aliphatic heterocycles. The Kier molecular flexibility index (Phi) is 4.56. The Labute approximate surface area is 133 Å². The number of hydrogen-bond donors (Lipinski definition) is 0. The Morgan fingerprint density at radius 3 is 1.73 bits per heavy atom. The molecule has 0 bridgehead atoms. The van der Waals surface area contributed by atoms with Crippen molar-refractivity contribution in [3.8, 4) is 5.75 Å². The molecular formula is C20H19OP. The first-order valence-electron chi connectivity index (χ1n) is 7.35. The molecular weight excluding hydrogens is 287 g/mol. The van der Waals surface area contributed by atoms with Crippen LogP contribution in [-0.2, 0) is 0 Å². The largest absolute Gasteiger partial charge is 0.496 e. The highest BCUT2D eigenvalue weighted by Crippen LogP contribution is 2.35. The van der Waals surface area contributed by atoms with Crippen molar-refractivity contribution in [1.29, 1.82) is 0 Å². The highest BCUT2D eigenvalue weighted by atomic mass is 31.1. The topological polar surface area (TPSA) is 9.23 Å². The summed E-state index contributed by atoms with van der Waals surface area (Å²) in [4.78, 5) is 0. The molecule has 0 amide bonds. The average Bonchev–Trinajstić information content (AvgIpc) is 2.59. The molecule has 1 nitrogen and oxygen atoms in total. The van der Waals surface area contributed by atoms with Gasteiger partial charge in [0.05, 0.1) is 7.11 Å². The van der Waals surface area contributed by atoms with Crippen LogP contribution in [0.2, 0.25) is 0 Å². The van der Waals surface area contributed by atoms with E-state index in [0.29, 0.717) is 0 Å². The van der Waals surface area contributed by atoms with Crippen molar-refractivity contribution in [1.82, 2.24) is 0 Å². The van der Waals surface area contributed by atoms with E-state index in [1.807, 2.05) is 6.07 Å². The summed E-state index contributed by atoms with van der Waals surface area (Å²) in [6.45, 7) is 2.15. The van der Waals surface area contributed by atoms with E-state index in [4.69, 9.17) is 4.74 Å². The summed E-state index contributed by atoms with van der Waals surface area (Å²) >= 11 is 0. The minimum atomic E-state index is -0.569. The third-order valence-electron chi connectivity index (χ3n) is 3.75. The third-order valence-corrected chi connectivity index (χ3v) is 6.34. The van der Waals surface area contributed by atoms with E-state index in [1.165, 1.54) is 21.5 Å². The zero-order valence-corrected chi connectivity index (χ0v) is 13.8. The molecule has 110 valence electrons. The monoisotopic (exact) mass is 306 g/mol. The van der Waals surface area contributed by atoms with Gasteiger partial charge in [-0.15, -0.1) is 0 Å². The molecule has 0 aliphatic carbocycles. The van der Waals surface area contributed by atoms with Crippen LogP contribution in [0.5, 0.6) is 5.75 Å². The van der Waals surface area contributed by atoms with Crippen LogP contribution in [0.4, 0.5) is 0 Å². The maximum atomic E-state index is 5.52. The molecule has 0 spiro atoms. The highest BCUT2D eigenvalue weighted by molar-refractivity contribution is 7.79. The van der Waals surface area contributed by atoms with Crippen LogP contribution >= 0.6 is 7.92 Å². The quantitative estimate of drug-likeness (QED) is 0.667. The molecule has 3 aromatic rings. The summed E-state index contributed by atoms with van der Waals surface area (Å²) in [6, 6.07) is 27.8. The van der Waals surface area contributed by atoms with Crippen LogP contribution < -0.4 is 20.7 Å². The summed E-state index contributed by atoms with van der Waals surface area (Å²) in [5.74, 6) is 0.955. The molecule has 0 aliphatic rings. The normalized spacial score (nSPS) is 10.7. The Balaban J connectivity index is 2.19. The second-order valence-electron chi connectivity index (χ2n) is 5.11. The van der Waals surface area contributed by atoms with E-state index in [0.717, 1.165) is 5.75 Å². The predicted molar refractivity (Wildman–Crippen MR) is 96.4 cm³/mol. The van der Waals surface area contributed by atoms with Gasteiger partial charge in [0.25, 0.3) is 0 Å². The van der Waals surface area contributed by atoms with Gasteiger partial charge >= 0.3 is 0 Å². The fourth-order valence-electron chi connectivity index (χ4n) is 2.65. The van der Waals surface area contributed by atoms with E-state index in [-0.39, 0.29) is 0 Å². The van der Waals surface area contributed by atoms with E-state index in [2.05, 4.69) is 79.7 Å². The van der Waals surface area contributed by atoms with Crippen molar-refractivity contribution in [2.45, 2.75) is 6.92 Å². The van der Waals surface area contributed by atoms with Crippen LogP contribution in [0.25, 0.3) is 0 Å². The van der Waals surface area contributed by atoms with Gasteiger partial charge in [0.2, 0.25) is 0 Å². The van der Waals surface area contributed by atoms with Gasteiger partial charge in [0.1, 0.15) is 5.75 Å². The van der Waals surface area contributed by atoms with E-state index in [9.17, 15) is 0 Å². The van der Waals surface area contributed by atoms with Crippen molar-refractivity contribution < 1.29 is 4.74 Å². The van der Waals surface area contributed by atoms with Gasteiger partial charge in [-0.05, 0) is 42.4 Å². The lowest BCUT2D eigenvalue weighted by Gasteiger charge is -2.22. The van der Waals surface area contributed by atoms with Gasteiger partial charge in [0, 0.05) is 0 Å². The summed E-state index contributed by atoms with van der Waals surface area (Å²) in [6.07, 6.45) is 0. The smallest absolute Gasteiger partial charge is 0.122 e. The summed E-state index contributed by atoms with van der Waals surface area (Å²) in [5, 5.41) is 4.08. The zero-order chi connectivity index (χ0) is 15.4. The Bertz CT molecular complexity index is 699. The number of rotatable bonds is 4. The second kappa shape index (κ2) is 6.77. The standard InChI is InChI=1S/C20H19OP/c1-16-19(21-2)14-9-15-20(16)22(17-10-5-3-6-11-17)18-12-7-4-8-13-18/h3-15H,1-2H3.